The minimum atomic E-state index is -1.09. The number of nitrogens with two attached hydrogens (primary N) is 1. The van der Waals surface area contributed by atoms with E-state index in [1.807, 2.05) is 94.7 Å². The van der Waals surface area contributed by atoms with E-state index >= 15 is 0 Å². The van der Waals surface area contributed by atoms with E-state index in [0.717, 1.165) is 5.56 Å². The third kappa shape index (κ3) is 21.8. The summed E-state index contributed by atoms with van der Waals surface area (Å²) < 4.78 is 14.0. The Bertz CT molecular complexity index is 3190. The molecule has 5 rings (SSSR count). The Kier molecular flexibility index (Phi) is 30.3. The Hall–Kier alpha value is -8.00. The molecule has 10 amide bonds. The number of primary amides is 1. The maximum Gasteiger partial charge on any atom is 0.312 e. The Morgan fingerprint density at radius 3 is 2.01 bits per heavy atom. The molecule has 10 atom stereocenters. The summed E-state index contributed by atoms with van der Waals surface area (Å²) in [4.78, 5) is 137. The lowest BCUT2D eigenvalue weighted by Gasteiger charge is -2.39. The molecule has 9 N–H and O–H groups in total. The van der Waals surface area contributed by atoms with Gasteiger partial charge in [0.2, 0.25) is 47.3 Å². The summed E-state index contributed by atoms with van der Waals surface area (Å²) in [5, 5.41) is 21.0. The van der Waals surface area contributed by atoms with Crippen molar-refractivity contribution < 1.29 is 52.6 Å². The van der Waals surface area contributed by atoms with Crippen LogP contribution in [0.25, 0.3) is 11.0 Å². The number of hydrogen-bond donors (Lipinski definition) is 8. The van der Waals surface area contributed by atoms with Gasteiger partial charge in [0.1, 0.15) is 41.3 Å². The number of nitrogens with zero attached hydrogens (tertiary/aromatic N) is 6. The molecule has 0 unspecified atom stereocenters. The lowest BCUT2D eigenvalue weighted by molar-refractivity contribution is -0.145. The fourth-order valence-electron chi connectivity index (χ4n) is 12.1. The highest BCUT2D eigenvalue weighted by Gasteiger charge is 2.43. The number of aromatic nitrogens is 3. The fraction of sp³-hybridized carbons (Fsp3) is 0.574. The number of anilines is 1. The third-order valence-corrected chi connectivity index (χ3v) is 17.6. The second-order valence-corrected chi connectivity index (χ2v) is 25.9. The molecule has 3 heterocycles. The first kappa shape index (κ1) is 76.7. The maximum atomic E-state index is 14.6. The number of hydrogen-bond acceptors (Lipinski definition) is 14. The number of amides is 10. The van der Waals surface area contributed by atoms with Gasteiger partial charge in [-0.15, -0.1) is 0 Å². The molecule has 25 nitrogen and oxygen atoms in total. The molecule has 2 aromatic heterocycles. The normalized spacial score (nSPS) is 16.1. The van der Waals surface area contributed by atoms with Crippen LogP contribution in [-0.4, -0.2) is 185 Å². The van der Waals surface area contributed by atoms with Crippen molar-refractivity contribution in [2.24, 2.45) is 29.4 Å². The number of likely N-dealkylation sites (tertiary alicyclic amines) is 1. The Balaban J connectivity index is 1.23. The van der Waals surface area contributed by atoms with Crippen molar-refractivity contribution >= 4 is 81.6 Å². The first-order valence-electron chi connectivity index (χ1n) is 32.5. The summed E-state index contributed by atoms with van der Waals surface area (Å²) in [6, 6.07) is 11.3. The highest BCUT2D eigenvalue weighted by Crippen LogP contribution is 2.30. The number of benzene rings is 2. The number of carbonyl (C=O) groups excluding carboxylic acids is 9. The van der Waals surface area contributed by atoms with Crippen LogP contribution in [0.5, 0.6) is 0 Å². The van der Waals surface area contributed by atoms with Gasteiger partial charge in [-0.3, -0.25) is 43.3 Å². The van der Waals surface area contributed by atoms with Gasteiger partial charge >= 0.3 is 6.03 Å². The van der Waals surface area contributed by atoms with Crippen molar-refractivity contribution in [2.75, 3.05) is 53.8 Å². The molecule has 1 aliphatic heterocycles. The van der Waals surface area contributed by atoms with Gasteiger partial charge in [-0.05, 0) is 99.7 Å². The summed E-state index contributed by atoms with van der Waals surface area (Å²) in [6.07, 6.45) is 4.21. The van der Waals surface area contributed by atoms with Crippen LogP contribution in [0, 0.1) is 23.7 Å². The number of rotatable bonds is 37. The van der Waals surface area contributed by atoms with E-state index in [9.17, 15) is 43.2 Å². The van der Waals surface area contributed by atoms with Crippen LogP contribution in [0.1, 0.15) is 118 Å². The minimum absolute atomic E-state index is 0.0169. The van der Waals surface area contributed by atoms with Crippen LogP contribution in [0.4, 0.5) is 10.5 Å². The van der Waals surface area contributed by atoms with E-state index in [2.05, 4.69) is 53.8 Å². The minimum Gasteiger partial charge on any atom is -0.378 e. The molecule has 1 fully saturated rings. The summed E-state index contributed by atoms with van der Waals surface area (Å²) in [5.41, 5.74) is 8.43. The molecule has 1 aliphatic rings. The number of aryl methyl sites for hydroxylation is 1. The average molecular weight is 1330 g/mol. The summed E-state index contributed by atoms with van der Waals surface area (Å²) in [6.45, 7) is 20.2. The number of ether oxygens (including phenoxy) is 2. The van der Waals surface area contributed by atoms with Crippen molar-refractivity contribution in [1.82, 2.24) is 61.1 Å². The van der Waals surface area contributed by atoms with Gasteiger partial charge in [-0.25, -0.2) is 14.8 Å². The van der Waals surface area contributed by atoms with Gasteiger partial charge in [0, 0.05) is 72.2 Å². The number of likely N-dealkylation sites (N-methyl/N-ethyl adjacent to an activating group) is 2. The number of nitrogens with one attached hydrogen (secondary N) is 7. The molecule has 4 aromatic rings. The van der Waals surface area contributed by atoms with E-state index in [4.69, 9.17) is 26.8 Å². The van der Waals surface area contributed by atoms with Gasteiger partial charge in [0.15, 0.2) is 0 Å². The fourth-order valence-corrected chi connectivity index (χ4v) is 12.3. The van der Waals surface area contributed by atoms with Crippen molar-refractivity contribution in [3.63, 3.8) is 0 Å². The quantitative estimate of drug-likeness (QED) is 0.0157. The Morgan fingerprint density at radius 2 is 1.40 bits per heavy atom. The molecule has 0 bridgehead atoms. The monoisotopic (exact) mass is 1320 g/mol. The second-order valence-electron chi connectivity index (χ2n) is 25.5. The van der Waals surface area contributed by atoms with Gasteiger partial charge in [0.25, 0.3) is 0 Å². The second kappa shape index (κ2) is 37.2. The van der Waals surface area contributed by atoms with Crippen molar-refractivity contribution in [1.29, 1.82) is 0 Å². The van der Waals surface area contributed by atoms with E-state index < -0.39 is 90.1 Å². The number of halogens is 1. The Morgan fingerprint density at radius 1 is 0.734 bits per heavy atom. The molecule has 0 spiro atoms. The van der Waals surface area contributed by atoms with E-state index in [1.165, 1.54) is 25.4 Å². The zero-order chi connectivity index (χ0) is 69.5. The average Bonchev–Trinajstić information content (AvgIpc) is 1.56. The van der Waals surface area contributed by atoms with E-state index in [1.54, 1.807) is 63.1 Å². The lowest BCUT2D eigenvalue weighted by atomic mass is 9.92. The van der Waals surface area contributed by atoms with E-state index in [-0.39, 0.29) is 86.6 Å². The molecule has 0 aliphatic carbocycles. The molecule has 26 heteroatoms. The van der Waals surface area contributed by atoms with Crippen LogP contribution in [-0.2, 0) is 67.3 Å². The highest BCUT2D eigenvalue weighted by atomic mass is 35.5. The molecular formula is C68H101ClN14O11. The molecule has 0 saturated carbocycles. The number of fused-ring (bicyclic) bond motifs is 1. The number of methoxy groups -OCH3 is 2. The molecule has 94 heavy (non-hydrogen) atoms. The molecule has 1 saturated heterocycles. The van der Waals surface area contributed by atoms with Gasteiger partial charge in [-0.1, -0.05) is 122 Å². The van der Waals surface area contributed by atoms with Gasteiger partial charge in [0.05, 0.1) is 48.1 Å². The smallest absolute Gasteiger partial charge is 0.312 e. The van der Waals surface area contributed by atoms with Crippen molar-refractivity contribution in [3.8, 4) is 0 Å². The van der Waals surface area contributed by atoms with Crippen molar-refractivity contribution in [3.05, 3.63) is 102 Å². The SMILES string of the molecule is C=C(CC)[C@@H]([C@@H](CC(=O)N1CCC[C@H]1[C@H](OC)[C@@H](C)C(=O)N[C@@H](Cc1ccccc1)C(=O)NCc1ccc(NC(=O)[C@H](CCCNC(N)=O)NC(=O)[C@@H](NC(=O)CCCn2ccc3c(Cl)ncnc32)C(C)C)cc1)OC)N(C)C(=O)[C@@H](NC(=O)[C@H](C(C)C)N(C)C)C(C)C. The zero-order valence-corrected chi connectivity index (χ0v) is 57.7. The van der Waals surface area contributed by atoms with Crippen LogP contribution in [0.15, 0.2) is 85.3 Å². The first-order valence-corrected chi connectivity index (χ1v) is 32.9. The van der Waals surface area contributed by atoms with Crippen LogP contribution >= 0.6 is 11.6 Å². The molecular weight excluding hydrogens is 1220 g/mol. The van der Waals surface area contributed by atoms with E-state index in [0.29, 0.717) is 71.8 Å². The van der Waals surface area contributed by atoms with Crippen LogP contribution in [0.2, 0.25) is 5.15 Å². The maximum absolute atomic E-state index is 14.6. The number of carbonyl (C=O) groups is 9. The standard InChI is InChI=1S/C68H101ClN14O11/c1-15-43(8)58(81(12)67(91)56(41(4)5)79-66(90)57(42(6)7)80(10)11)52(93-13)37-54(85)83-34-20-25-51(83)59(94-14)44(9)62(86)77-50(36-45-22-17-16-18-23-45)63(87)72-38-46-27-29-47(30-28-46)75-64(88)49(24-19-32-71-68(70)92)76-65(89)55(40(2)3)78-53(84)26-21-33-82-35-31-48-60(69)73-39-74-61(48)82/h16-18,22-23,27-31,35,39-42,44,49-52,55-59H,8,15,19-21,24-26,32-34,36-38H2,1-7,9-14H3,(H,72,87)(H,75,88)(H,76,89)(H,77,86)(H,78,84)(H,79,90)(H3,70,71,92)/t44-,49+,50+,51+,52-,55+,56+,57+,58+,59-/m1/s1. The molecule has 0 radical (unpaired) electrons. The predicted molar refractivity (Wildman–Crippen MR) is 361 cm³/mol. The third-order valence-electron chi connectivity index (χ3n) is 17.3. The predicted octanol–water partition coefficient (Wildman–Crippen LogP) is 5.49. The summed E-state index contributed by atoms with van der Waals surface area (Å²) in [5.74, 6) is -4.75. The zero-order valence-electron chi connectivity index (χ0n) is 57.0. The van der Waals surface area contributed by atoms with Crippen LogP contribution < -0.4 is 43.0 Å². The van der Waals surface area contributed by atoms with Gasteiger partial charge in [-0.2, -0.15) is 0 Å². The van der Waals surface area contributed by atoms with Crippen molar-refractivity contribution in [2.45, 2.75) is 181 Å². The topological polar surface area (TPSA) is 323 Å². The Labute approximate surface area is 558 Å². The van der Waals surface area contributed by atoms with Gasteiger partial charge < -0.3 is 66.8 Å². The number of urea groups is 1. The summed E-state index contributed by atoms with van der Waals surface area (Å²) in [7, 11) is 8.28. The van der Waals surface area contributed by atoms with Crippen LogP contribution in [0.3, 0.4) is 0 Å². The summed E-state index contributed by atoms with van der Waals surface area (Å²) >= 11 is 6.20. The molecule has 516 valence electrons. The molecule has 2 aromatic carbocycles. The largest absolute Gasteiger partial charge is 0.378 e. The lowest BCUT2D eigenvalue weighted by Crippen LogP contribution is -2.59. The first-order chi connectivity index (χ1) is 44.6. The highest BCUT2D eigenvalue weighted by molar-refractivity contribution is 6.33.